The first-order valence-electron chi connectivity index (χ1n) is 11.5. The molecule has 0 unspecified atom stereocenters. The van der Waals surface area contributed by atoms with Crippen LogP contribution in [0.5, 0.6) is 0 Å². The number of likely N-dealkylation sites (tertiary alicyclic amines) is 1. The number of pyridine rings is 1. The van der Waals surface area contributed by atoms with Gasteiger partial charge in [0.1, 0.15) is 0 Å². The van der Waals surface area contributed by atoms with Gasteiger partial charge in [-0.1, -0.05) is 12.1 Å². The van der Waals surface area contributed by atoms with Gasteiger partial charge in [-0.2, -0.15) is 0 Å². The monoisotopic (exact) mass is 439 g/mol. The maximum absolute atomic E-state index is 13.4. The van der Waals surface area contributed by atoms with Crippen LogP contribution >= 0.6 is 0 Å². The standard InChI is InChI=1S/C24H31N3O2.CH2O2/c1-26(2)22-10-18-13-27(14-19(18)11-23(22)29-15-16-6-7-16)24(28)20-5-3-4-17-8-9-25-12-21(17)20;2-1-3/h3-5,8-9,12,16,18-19,22-23H,6-7,10-11,13-15H2,1-2H3;1H,(H,2,3)/t18-,19+,22-,23-;/m1./s1. The Balaban J connectivity index is 0.000000775. The molecule has 3 fully saturated rings. The summed E-state index contributed by atoms with van der Waals surface area (Å²) in [6, 6.07) is 8.38. The number of rotatable bonds is 5. The summed E-state index contributed by atoms with van der Waals surface area (Å²) in [5, 5.41) is 8.91. The lowest BCUT2D eigenvalue weighted by Gasteiger charge is -2.41. The fourth-order valence-electron chi connectivity index (χ4n) is 5.29. The molecule has 5 rings (SSSR count). The van der Waals surface area contributed by atoms with Gasteiger partial charge in [-0.25, -0.2) is 0 Å². The number of hydrogen-bond acceptors (Lipinski definition) is 5. The zero-order valence-corrected chi connectivity index (χ0v) is 18.9. The predicted molar refractivity (Wildman–Crippen MR) is 122 cm³/mol. The molecule has 1 saturated heterocycles. The van der Waals surface area contributed by atoms with Gasteiger partial charge >= 0.3 is 0 Å². The number of aromatic nitrogens is 1. The number of ether oxygens (including phenoxy) is 1. The number of carbonyl (C=O) groups excluding carboxylic acids is 1. The van der Waals surface area contributed by atoms with Gasteiger partial charge in [0.2, 0.25) is 0 Å². The summed E-state index contributed by atoms with van der Waals surface area (Å²) < 4.78 is 6.37. The molecule has 7 nitrogen and oxygen atoms in total. The Hall–Kier alpha value is -2.51. The van der Waals surface area contributed by atoms with E-state index in [-0.39, 0.29) is 12.4 Å². The van der Waals surface area contributed by atoms with E-state index in [4.69, 9.17) is 14.6 Å². The molecule has 32 heavy (non-hydrogen) atoms. The van der Waals surface area contributed by atoms with E-state index in [1.54, 1.807) is 6.20 Å². The Morgan fingerprint density at radius 1 is 1.22 bits per heavy atom. The lowest BCUT2D eigenvalue weighted by Crippen LogP contribution is -2.48. The Morgan fingerprint density at radius 2 is 1.94 bits per heavy atom. The van der Waals surface area contributed by atoms with Crippen LogP contribution in [-0.4, -0.2) is 78.2 Å². The van der Waals surface area contributed by atoms with Gasteiger partial charge in [0.25, 0.3) is 12.4 Å². The molecule has 0 radical (unpaired) electrons. The average Bonchev–Trinajstić information content (AvgIpc) is 3.53. The maximum Gasteiger partial charge on any atom is 0.290 e. The van der Waals surface area contributed by atoms with E-state index < -0.39 is 0 Å². The van der Waals surface area contributed by atoms with Gasteiger partial charge in [-0.3, -0.25) is 14.6 Å². The number of carbonyl (C=O) groups is 2. The normalized spacial score (nSPS) is 27.0. The van der Waals surface area contributed by atoms with Crippen molar-refractivity contribution in [3.63, 3.8) is 0 Å². The molecule has 1 aromatic carbocycles. The minimum atomic E-state index is -0.250. The van der Waals surface area contributed by atoms with E-state index in [0.717, 1.165) is 54.8 Å². The van der Waals surface area contributed by atoms with Gasteiger partial charge in [0.15, 0.2) is 0 Å². The van der Waals surface area contributed by atoms with Crippen LogP contribution in [0.3, 0.4) is 0 Å². The number of nitrogens with zero attached hydrogens (tertiary/aromatic N) is 3. The zero-order valence-electron chi connectivity index (χ0n) is 18.9. The van der Waals surface area contributed by atoms with Gasteiger partial charge in [0, 0.05) is 49.1 Å². The average molecular weight is 440 g/mol. The third-order valence-corrected chi connectivity index (χ3v) is 7.19. The number of likely N-dealkylation sites (N-methyl/N-ethyl adjacent to an activating group) is 1. The number of amides is 1. The highest BCUT2D eigenvalue weighted by Crippen LogP contribution is 2.40. The smallest absolute Gasteiger partial charge is 0.290 e. The summed E-state index contributed by atoms with van der Waals surface area (Å²) in [7, 11) is 4.33. The van der Waals surface area contributed by atoms with Crippen LogP contribution < -0.4 is 0 Å². The molecule has 2 heterocycles. The maximum atomic E-state index is 13.4. The van der Waals surface area contributed by atoms with Crippen molar-refractivity contribution in [1.29, 1.82) is 0 Å². The molecular formula is C25H33N3O4. The molecule has 0 spiro atoms. The van der Waals surface area contributed by atoms with E-state index in [2.05, 4.69) is 28.9 Å². The highest BCUT2D eigenvalue weighted by Gasteiger charge is 2.45. The van der Waals surface area contributed by atoms with E-state index in [1.165, 1.54) is 12.8 Å². The van der Waals surface area contributed by atoms with Crippen molar-refractivity contribution in [2.24, 2.45) is 17.8 Å². The Bertz CT molecular complexity index is 940. The molecule has 172 valence electrons. The Labute approximate surface area is 189 Å². The molecule has 2 saturated carbocycles. The summed E-state index contributed by atoms with van der Waals surface area (Å²) in [4.78, 5) is 30.4. The van der Waals surface area contributed by atoms with Crippen LogP contribution in [-0.2, 0) is 9.53 Å². The molecule has 4 atom stereocenters. The topological polar surface area (TPSA) is 83.0 Å². The highest BCUT2D eigenvalue weighted by molar-refractivity contribution is 6.06. The van der Waals surface area contributed by atoms with Crippen molar-refractivity contribution in [3.05, 3.63) is 42.2 Å². The van der Waals surface area contributed by atoms with Crippen molar-refractivity contribution in [2.45, 2.75) is 37.8 Å². The summed E-state index contributed by atoms with van der Waals surface area (Å²) >= 11 is 0. The molecular weight excluding hydrogens is 406 g/mol. The molecule has 3 aliphatic rings. The summed E-state index contributed by atoms with van der Waals surface area (Å²) in [6.45, 7) is 2.38. The largest absolute Gasteiger partial charge is 0.483 e. The Morgan fingerprint density at radius 3 is 2.62 bits per heavy atom. The highest BCUT2D eigenvalue weighted by atomic mass is 16.5. The first kappa shape index (κ1) is 22.7. The van der Waals surface area contributed by atoms with Crippen LogP contribution in [0.4, 0.5) is 0 Å². The summed E-state index contributed by atoms with van der Waals surface area (Å²) in [6.07, 6.45) is 8.74. The van der Waals surface area contributed by atoms with Gasteiger partial charge in [-0.15, -0.1) is 0 Å². The van der Waals surface area contributed by atoms with Crippen molar-refractivity contribution in [2.75, 3.05) is 33.8 Å². The minimum Gasteiger partial charge on any atom is -0.483 e. The van der Waals surface area contributed by atoms with Crippen LogP contribution in [0, 0.1) is 17.8 Å². The van der Waals surface area contributed by atoms with Gasteiger partial charge in [0.05, 0.1) is 6.10 Å². The fraction of sp³-hybridized carbons (Fsp3) is 0.560. The number of fused-ring (bicyclic) bond motifs is 2. The first-order valence-corrected chi connectivity index (χ1v) is 11.5. The van der Waals surface area contributed by atoms with Crippen LogP contribution in [0.1, 0.15) is 36.0 Å². The first-order chi connectivity index (χ1) is 15.5. The van der Waals surface area contributed by atoms with Crippen molar-refractivity contribution in [3.8, 4) is 0 Å². The fourth-order valence-corrected chi connectivity index (χ4v) is 5.29. The predicted octanol–water partition coefficient (Wildman–Crippen LogP) is 3.14. The lowest BCUT2D eigenvalue weighted by molar-refractivity contribution is -0.122. The summed E-state index contributed by atoms with van der Waals surface area (Å²) in [5.74, 6) is 2.06. The van der Waals surface area contributed by atoms with Crippen molar-refractivity contribution in [1.82, 2.24) is 14.8 Å². The van der Waals surface area contributed by atoms with E-state index in [9.17, 15) is 4.79 Å². The second-order valence-corrected chi connectivity index (χ2v) is 9.56. The van der Waals surface area contributed by atoms with Crippen LogP contribution in [0.15, 0.2) is 36.7 Å². The van der Waals surface area contributed by atoms with E-state index in [1.807, 2.05) is 30.5 Å². The zero-order chi connectivity index (χ0) is 22.7. The molecule has 2 aliphatic carbocycles. The Kier molecular flexibility index (Phi) is 7.06. The van der Waals surface area contributed by atoms with Crippen molar-refractivity contribution < 1.29 is 19.4 Å². The second kappa shape index (κ2) is 9.96. The number of hydrogen-bond donors (Lipinski definition) is 1. The summed E-state index contributed by atoms with van der Waals surface area (Å²) in [5.41, 5.74) is 0.778. The van der Waals surface area contributed by atoms with Gasteiger partial charge < -0.3 is 19.6 Å². The van der Waals surface area contributed by atoms with Crippen LogP contribution in [0.2, 0.25) is 0 Å². The minimum absolute atomic E-state index is 0.148. The molecule has 1 N–H and O–H groups in total. The molecule has 0 bridgehead atoms. The van der Waals surface area contributed by atoms with Crippen molar-refractivity contribution >= 4 is 23.2 Å². The molecule has 7 heteroatoms. The molecule has 1 aromatic heterocycles. The van der Waals surface area contributed by atoms with Gasteiger partial charge in [-0.05, 0) is 75.1 Å². The molecule has 1 amide bonds. The van der Waals surface area contributed by atoms with Crippen LogP contribution in [0.25, 0.3) is 10.8 Å². The quantitative estimate of drug-likeness (QED) is 0.721. The lowest BCUT2D eigenvalue weighted by atomic mass is 9.77. The van der Waals surface area contributed by atoms with E-state index in [0.29, 0.717) is 24.0 Å². The third kappa shape index (κ3) is 4.94. The second-order valence-electron chi connectivity index (χ2n) is 9.56. The third-order valence-electron chi connectivity index (χ3n) is 7.19. The molecule has 2 aromatic rings. The SMILES string of the molecule is CN(C)[C@@H]1C[C@@H]2CN(C(=O)c3cccc4ccncc34)C[C@@H]2C[C@H]1OCC1CC1.O=CO. The number of carboxylic acid groups (broad SMARTS) is 1. The van der Waals surface area contributed by atoms with E-state index >= 15 is 0 Å². The number of benzene rings is 1. The molecule has 1 aliphatic heterocycles.